The van der Waals surface area contributed by atoms with Gasteiger partial charge in [0.05, 0.1) is 11.8 Å². The minimum atomic E-state index is -1.60. The van der Waals surface area contributed by atoms with E-state index in [1.165, 1.54) is 10.5 Å². The molecule has 1 saturated heterocycles. The van der Waals surface area contributed by atoms with E-state index in [4.69, 9.17) is 4.84 Å². The van der Waals surface area contributed by atoms with Crippen LogP contribution in [0.1, 0.15) is 71.6 Å². The van der Waals surface area contributed by atoms with Crippen molar-refractivity contribution in [3.8, 4) is 0 Å². The van der Waals surface area contributed by atoms with E-state index in [0.717, 1.165) is 25.0 Å². The second-order valence-electron chi connectivity index (χ2n) is 12.5. The molecule has 0 unspecified atom stereocenters. The molecule has 4 fully saturated rings. The van der Waals surface area contributed by atoms with Crippen molar-refractivity contribution in [1.29, 1.82) is 0 Å². The summed E-state index contributed by atoms with van der Waals surface area (Å²) in [6.07, 6.45) is 6.85. The van der Waals surface area contributed by atoms with Gasteiger partial charge in [-0.3, -0.25) is 9.59 Å². The number of carboxylic acid groups (broad SMARTS) is 1. The van der Waals surface area contributed by atoms with Gasteiger partial charge in [0, 0.05) is 12.0 Å². The van der Waals surface area contributed by atoms with Crippen LogP contribution in [-0.2, 0) is 19.2 Å². The lowest BCUT2D eigenvalue weighted by molar-refractivity contribution is -0.181. The molecule has 4 aliphatic carbocycles. The highest BCUT2D eigenvalue weighted by molar-refractivity contribution is 5.96. The molecular weight excluding hydrogens is 492 g/mol. The van der Waals surface area contributed by atoms with Crippen LogP contribution in [0.15, 0.2) is 16.8 Å². The number of amides is 1. The molecule has 1 heterocycles. The van der Waals surface area contributed by atoms with Gasteiger partial charge in [-0.25, -0.2) is 4.79 Å². The largest absolute Gasteiger partial charge is 0.480 e. The Hall–Kier alpha value is -2.30. The van der Waals surface area contributed by atoms with E-state index in [2.05, 4.69) is 12.1 Å². The summed E-state index contributed by atoms with van der Waals surface area (Å²) >= 11 is 0. The third-order valence-electron chi connectivity index (χ3n) is 10.9. The Morgan fingerprint density at radius 3 is 2.63 bits per heavy atom. The fraction of sp³-hybridized carbons (Fsp3) is 0.786. The van der Waals surface area contributed by atoms with Gasteiger partial charge in [0.25, 0.3) is 5.91 Å². The Kier molecular flexibility index (Phi) is 6.97. The van der Waals surface area contributed by atoms with Gasteiger partial charge in [0.15, 0.2) is 12.4 Å². The molecule has 38 heavy (non-hydrogen) atoms. The summed E-state index contributed by atoms with van der Waals surface area (Å²) < 4.78 is 0. The lowest BCUT2D eigenvalue weighted by Gasteiger charge is -2.60. The van der Waals surface area contributed by atoms with Crippen molar-refractivity contribution in [2.24, 2.45) is 33.7 Å². The van der Waals surface area contributed by atoms with Crippen LogP contribution in [-0.4, -0.2) is 86.2 Å². The summed E-state index contributed by atoms with van der Waals surface area (Å²) in [6, 6.07) is -0.798. The van der Waals surface area contributed by atoms with Crippen LogP contribution < -0.4 is 0 Å². The number of ketones is 1. The van der Waals surface area contributed by atoms with E-state index in [-0.39, 0.29) is 35.7 Å². The van der Waals surface area contributed by atoms with E-state index in [9.17, 15) is 34.8 Å². The predicted molar refractivity (Wildman–Crippen MR) is 136 cm³/mol. The SMILES string of the molecule is C[C@]12CC/C(=N\OCC(=O)N3CCC[C@H]3C(=O)O)C=C1CC[C@H]1[C@H]2[C@@H](O)C[C@@]2(C)[C@@H]1CC[C@]2(O)C(=O)CO. The summed E-state index contributed by atoms with van der Waals surface area (Å²) in [7, 11) is 0. The topological polar surface area (TPSA) is 157 Å². The molecule has 210 valence electrons. The Balaban J connectivity index is 1.29. The first-order valence-electron chi connectivity index (χ1n) is 13.9. The zero-order valence-corrected chi connectivity index (χ0v) is 22.3. The average Bonchev–Trinajstić information content (AvgIpc) is 3.47. The second-order valence-corrected chi connectivity index (χ2v) is 12.5. The highest BCUT2D eigenvalue weighted by Gasteiger charge is 2.68. The van der Waals surface area contributed by atoms with Gasteiger partial charge in [-0.05, 0) is 87.0 Å². The van der Waals surface area contributed by atoms with Crippen LogP contribution in [0.5, 0.6) is 0 Å². The molecule has 5 aliphatic rings. The van der Waals surface area contributed by atoms with E-state index in [1.54, 1.807) is 0 Å². The van der Waals surface area contributed by atoms with Gasteiger partial charge in [-0.15, -0.1) is 0 Å². The van der Waals surface area contributed by atoms with Gasteiger partial charge >= 0.3 is 5.97 Å². The molecular formula is C28H40N2O8. The average molecular weight is 533 g/mol. The summed E-state index contributed by atoms with van der Waals surface area (Å²) in [5.74, 6) is -1.66. The number of carbonyl (C=O) groups excluding carboxylic acids is 2. The quantitative estimate of drug-likeness (QED) is 0.376. The van der Waals surface area contributed by atoms with Crippen molar-refractivity contribution in [3.63, 3.8) is 0 Å². The number of rotatable bonds is 6. The normalized spacial score (nSPS) is 43.2. The van der Waals surface area contributed by atoms with Crippen molar-refractivity contribution >= 4 is 23.4 Å². The standard InChI is InChI=1S/C28H40N2O8/c1-26-9-7-17(29-38-15-23(34)30-11-3-4-20(30)25(35)36)12-16(26)5-6-18-19-8-10-28(37,22(33)14-31)27(19,2)13-21(32)24(18)26/h12,18-21,24,31-32,37H,3-11,13-15H2,1-2H3,(H,35,36)/b29-17+/t18-,19-,20+,21+,24+,26+,27+,28+/m1/s1. The molecule has 0 aromatic heterocycles. The molecule has 0 radical (unpaired) electrons. The zero-order chi connectivity index (χ0) is 27.5. The summed E-state index contributed by atoms with van der Waals surface area (Å²) in [5.41, 5.74) is -0.673. The van der Waals surface area contributed by atoms with Gasteiger partial charge in [-0.2, -0.15) is 0 Å². The van der Waals surface area contributed by atoms with Gasteiger partial charge in [0.1, 0.15) is 18.2 Å². The number of fused-ring (bicyclic) bond motifs is 5. The van der Waals surface area contributed by atoms with Crippen LogP contribution in [0.25, 0.3) is 0 Å². The second kappa shape index (κ2) is 9.71. The molecule has 10 nitrogen and oxygen atoms in total. The summed E-state index contributed by atoms with van der Waals surface area (Å²) in [4.78, 5) is 43.1. The lowest BCUT2D eigenvalue weighted by Crippen LogP contribution is -2.62. The minimum absolute atomic E-state index is 0.000631. The summed E-state index contributed by atoms with van der Waals surface area (Å²) in [6.45, 7) is 3.53. The van der Waals surface area contributed by atoms with Crippen molar-refractivity contribution < 1.29 is 39.6 Å². The molecule has 1 aliphatic heterocycles. The highest BCUT2D eigenvalue weighted by atomic mass is 16.6. The third-order valence-corrected chi connectivity index (χ3v) is 10.9. The fourth-order valence-corrected chi connectivity index (χ4v) is 8.94. The van der Waals surface area contributed by atoms with E-state index in [0.29, 0.717) is 45.1 Å². The van der Waals surface area contributed by atoms with E-state index < -0.39 is 41.5 Å². The van der Waals surface area contributed by atoms with Crippen LogP contribution in [0.2, 0.25) is 0 Å². The maximum absolute atomic E-state index is 12.6. The van der Waals surface area contributed by atoms with Crippen molar-refractivity contribution in [2.75, 3.05) is 19.8 Å². The zero-order valence-electron chi connectivity index (χ0n) is 22.3. The van der Waals surface area contributed by atoms with Gasteiger partial charge in [-0.1, -0.05) is 24.6 Å². The molecule has 5 rings (SSSR count). The van der Waals surface area contributed by atoms with Gasteiger partial charge in [0.2, 0.25) is 0 Å². The number of carboxylic acids is 1. The predicted octanol–water partition coefficient (Wildman–Crippen LogP) is 1.66. The van der Waals surface area contributed by atoms with Crippen molar-refractivity contribution in [2.45, 2.75) is 89.4 Å². The number of aliphatic hydroxyl groups is 3. The molecule has 0 spiro atoms. The van der Waals surface area contributed by atoms with Crippen LogP contribution >= 0.6 is 0 Å². The number of hydrogen-bond donors (Lipinski definition) is 4. The number of aliphatic carboxylic acids is 1. The maximum Gasteiger partial charge on any atom is 0.326 e. The molecule has 8 atom stereocenters. The first-order chi connectivity index (χ1) is 18.0. The number of aliphatic hydroxyl groups excluding tert-OH is 2. The smallest absolute Gasteiger partial charge is 0.326 e. The Labute approximate surface area is 222 Å². The Bertz CT molecular complexity index is 1070. The number of hydrogen-bond acceptors (Lipinski definition) is 8. The number of oxime groups is 1. The Morgan fingerprint density at radius 2 is 1.92 bits per heavy atom. The Morgan fingerprint density at radius 1 is 1.16 bits per heavy atom. The third kappa shape index (κ3) is 4.02. The van der Waals surface area contributed by atoms with Gasteiger partial charge < -0.3 is 30.2 Å². The molecule has 0 aromatic rings. The molecule has 3 saturated carbocycles. The molecule has 0 aromatic carbocycles. The monoisotopic (exact) mass is 532 g/mol. The fourth-order valence-electron chi connectivity index (χ4n) is 8.94. The molecule has 1 amide bonds. The first-order valence-corrected chi connectivity index (χ1v) is 13.9. The minimum Gasteiger partial charge on any atom is -0.480 e. The lowest BCUT2D eigenvalue weighted by atomic mass is 9.45. The number of allylic oxidation sites excluding steroid dienone is 2. The maximum atomic E-state index is 12.6. The van der Waals surface area contributed by atoms with Crippen LogP contribution in [0.3, 0.4) is 0 Å². The van der Waals surface area contributed by atoms with Crippen molar-refractivity contribution in [1.82, 2.24) is 4.90 Å². The number of carbonyl (C=O) groups is 3. The van der Waals surface area contributed by atoms with Crippen LogP contribution in [0.4, 0.5) is 0 Å². The summed E-state index contributed by atoms with van der Waals surface area (Å²) in [5, 5.41) is 45.9. The van der Waals surface area contributed by atoms with E-state index in [1.807, 2.05) is 13.0 Å². The molecule has 10 heteroatoms. The first kappa shape index (κ1) is 27.3. The number of likely N-dealkylation sites (tertiary alicyclic amines) is 1. The van der Waals surface area contributed by atoms with Crippen LogP contribution in [0, 0.1) is 28.6 Å². The van der Waals surface area contributed by atoms with E-state index >= 15 is 0 Å². The molecule has 4 N–H and O–H groups in total. The number of nitrogens with zero attached hydrogens (tertiary/aromatic N) is 2. The highest BCUT2D eigenvalue weighted by Crippen LogP contribution is 2.67. The molecule has 0 bridgehead atoms. The number of Topliss-reactive ketones (excluding diaryl/α,β-unsaturated/α-hetero) is 1. The van der Waals surface area contributed by atoms with Crippen molar-refractivity contribution in [3.05, 3.63) is 11.6 Å².